The minimum absolute atomic E-state index is 0.202. The Hall–Kier alpha value is 0.350. The predicted octanol–water partition coefficient (Wildman–Crippen LogP) is 1.57. The van der Waals surface area contributed by atoms with Gasteiger partial charge in [0.25, 0.3) is 0 Å². The van der Waals surface area contributed by atoms with Crippen LogP contribution < -0.4 is 0 Å². The number of thiol groups is 1. The summed E-state index contributed by atoms with van der Waals surface area (Å²) < 4.78 is 0. The van der Waals surface area contributed by atoms with Gasteiger partial charge < -0.3 is 0 Å². The smallest absolute Gasteiger partial charge is 0.0138 e. The third-order valence-electron chi connectivity index (χ3n) is 1.17. The molecule has 0 aromatic carbocycles. The molecule has 0 saturated heterocycles. The highest BCUT2D eigenvalue weighted by Gasteiger charge is 2.22. The van der Waals surface area contributed by atoms with Crippen LogP contribution in [0, 0.1) is 6.26 Å². The first-order chi connectivity index (χ1) is 2.80. The van der Waals surface area contributed by atoms with Crippen LogP contribution in [0.5, 0.6) is 0 Å². The maximum atomic E-state index is 3.97. The Morgan fingerprint density at radius 2 is 2.17 bits per heavy atom. The quantitative estimate of drug-likeness (QED) is 0.478. The summed E-state index contributed by atoms with van der Waals surface area (Å²) in [4.78, 5) is 0. The number of hydrogen-bond acceptors (Lipinski definition) is 0. The van der Waals surface area contributed by atoms with Crippen LogP contribution in [0.1, 0.15) is 12.8 Å². The first-order valence-electron chi connectivity index (χ1n) is 2.34. The van der Waals surface area contributed by atoms with E-state index in [1.165, 1.54) is 12.8 Å². The second-order valence-electron chi connectivity index (χ2n) is 1.99. The lowest BCUT2D eigenvalue weighted by Crippen LogP contribution is -1.74. The van der Waals surface area contributed by atoms with Crippen LogP contribution in [0.3, 0.4) is 0 Å². The van der Waals surface area contributed by atoms with Gasteiger partial charge in [-0.25, -0.2) is 0 Å². The minimum Gasteiger partial charge on any atom is -0.253 e. The molecule has 0 N–H and O–H groups in total. The molecule has 37 valence electrons. The molecule has 0 amide bonds. The molecule has 0 aromatic heterocycles. The first kappa shape index (κ1) is 4.51. The molecule has 1 heteroatoms. The van der Waals surface area contributed by atoms with Gasteiger partial charge in [-0.15, -0.1) is 0 Å². The molecule has 0 spiro atoms. The van der Waals surface area contributed by atoms with Crippen LogP contribution in [0.15, 0.2) is 0 Å². The average Bonchev–Trinajstić information content (AvgIpc) is 2.06. The fraction of sp³-hybridized carbons (Fsp3) is 0.800. The summed E-state index contributed by atoms with van der Waals surface area (Å²) in [6.45, 7) is 0. The van der Waals surface area contributed by atoms with Crippen molar-refractivity contribution in [2.75, 3.05) is 6.26 Å². The van der Waals surface area contributed by atoms with Crippen molar-refractivity contribution in [3.05, 3.63) is 6.26 Å². The first-order valence-corrected chi connectivity index (χ1v) is 4.38. The van der Waals surface area contributed by atoms with E-state index in [4.69, 9.17) is 0 Å². The number of hydrogen-bond donors (Lipinski definition) is 1. The van der Waals surface area contributed by atoms with Gasteiger partial charge in [-0.2, -0.15) is 0 Å². The molecule has 1 radical (unpaired) electrons. The molecule has 0 heterocycles. The van der Waals surface area contributed by atoms with Crippen molar-refractivity contribution in [1.29, 1.82) is 0 Å². The summed E-state index contributed by atoms with van der Waals surface area (Å²) in [5, 5.41) is 1.06. The molecule has 1 aliphatic rings. The Bertz CT molecular complexity index is 45.9. The van der Waals surface area contributed by atoms with Crippen molar-refractivity contribution in [2.24, 2.45) is 0 Å². The molecular weight excluding hydrogens is 92.1 g/mol. The highest BCUT2D eigenvalue weighted by molar-refractivity contribution is 8.18. The second-order valence-corrected chi connectivity index (χ2v) is 4.23. The largest absolute Gasteiger partial charge is 0.253 e. The third-order valence-corrected chi connectivity index (χ3v) is 2.93. The van der Waals surface area contributed by atoms with Gasteiger partial charge in [-0.05, 0) is 30.6 Å². The fourth-order valence-electron chi connectivity index (χ4n) is 0.515. The van der Waals surface area contributed by atoms with Crippen LogP contribution in [0.2, 0.25) is 0 Å². The lowest BCUT2D eigenvalue weighted by atomic mass is 11.0. The van der Waals surface area contributed by atoms with E-state index in [0.29, 0.717) is 0 Å². The summed E-state index contributed by atoms with van der Waals surface area (Å²) >= 11 is 0. The van der Waals surface area contributed by atoms with E-state index in [2.05, 4.69) is 12.5 Å². The Morgan fingerprint density at radius 1 is 1.67 bits per heavy atom. The average molecular weight is 103 g/mol. The maximum Gasteiger partial charge on any atom is -0.0138 e. The second kappa shape index (κ2) is 1.45. The Balaban J connectivity index is 2.13. The van der Waals surface area contributed by atoms with E-state index in [1.54, 1.807) is 0 Å². The lowest BCUT2D eigenvalue weighted by Gasteiger charge is -2.01. The number of rotatable bonds is 1. The summed E-state index contributed by atoms with van der Waals surface area (Å²) in [5.41, 5.74) is 0. The van der Waals surface area contributed by atoms with Crippen molar-refractivity contribution in [2.45, 2.75) is 18.1 Å². The minimum atomic E-state index is 0.202. The molecule has 1 saturated carbocycles. The maximum absolute atomic E-state index is 3.97. The normalized spacial score (nSPS) is 24.0. The molecular formula is C5H11S. The summed E-state index contributed by atoms with van der Waals surface area (Å²) in [5.74, 6) is 0. The molecule has 6 heavy (non-hydrogen) atoms. The zero-order valence-corrected chi connectivity index (χ0v) is 5.04. The zero-order chi connectivity index (χ0) is 4.57. The van der Waals surface area contributed by atoms with Gasteiger partial charge in [0, 0.05) is 0 Å². The molecule has 1 fully saturated rings. The predicted molar refractivity (Wildman–Crippen MR) is 33.3 cm³/mol. The van der Waals surface area contributed by atoms with Crippen LogP contribution >= 0.6 is 10.9 Å². The van der Waals surface area contributed by atoms with Crippen LogP contribution in [0.25, 0.3) is 0 Å². The fourth-order valence-corrected chi connectivity index (χ4v) is 1.55. The van der Waals surface area contributed by atoms with Gasteiger partial charge in [0.1, 0.15) is 0 Å². The SMILES string of the molecule is [CH2][SH](C)C1CC1. The van der Waals surface area contributed by atoms with E-state index < -0.39 is 0 Å². The van der Waals surface area contributed by atoms with Crippen molar-refractivity contribution >= 4 is 10.9 Å². The van der Waals surface area contributed by atoms with Gasteiger partial charge in [0.05, 0.1) is 0 Å². The summed E-state index contributed by atoms with van der Waals surface area (Å²) in [7, 11) is 0.202. The molecule has 0 nitrogen and oxygen atoms in total. The van der Waals surface area contributed by atoms with E-state index in [1.807, 2.05) is 0 Å². The monoisotopic (exact) mass is 103 g/mol. The van der Waals surface area contributed by atoms with Gasteiger partial charge in [-0.3, -0.25) is 10.9 Å². The van der Waals surface area contributed by atoms with Crippen molar-refractivity contribution in [1.82, 2.24) is 0 Å². The molecule has 1 atom stereocenters. The highest BCUT2D eigenvalue weighted by Crippen LogP contribution is 2.42. The van der Waals surface area contributed by atoms with Crippen LogP contribution in [-0.4, -0.2) is 11.5 Å². The third kappa shape index (κ3) is 0.904. The summed E-state index contributed by atoms with van der Waals surface area (Å²) in [6, 6.07) is 0. The highest BCUT2D eigenvalue weighted by atomic mass is 32.2. The van der Waals surface area contributed by atoms with Gasteiger partial charge in [-0.1, -0.05) is 0 Å². The van der Waals surface area contributed by atoms with E-state index in [-0.39, 0.29) is 10.9 Å². The Morgan fingerprint density at radius 3 is 2.17 bits per heavy atom. The Labute approximate surface area is 42.3 Å². The standard InChI is InChI=1S/C5H11S/c1-6(2)5-3-4-5/h5-6H,1,3-4H2,2H3. The van der Waals surface area contributed by atoms with Crippen molar-refractivity contribution < 1.29 is 0 Å². The molecule has 0 bridgehead atoms. The van der Waals surface area contributed by atoms with Gasteiger partial charge in [0.15, 0.2) is 0 Å². The molecule has 0 aromatic rings. The topological polar surface area (TPSA) is 0 Å². The van der Waals surface area contributed by atoms with Gasteiger partial charge >= 0.3 is 0 Å². The van der Waals surface area contributed by atoms with Crippen LogP contribution in [0.4, 0.5) is 0 Å². The molecule has 1 aliphatic carbocycles. The van der Waals surface area contributed by atoms with Crippen LogP contribution in [-0.2, 0) is 0 Å². The molecule has 1 rings (SSSR count). The van der Waals surface area contributed by atoms with E-state index in [0.717, 1.165) is 5.25 Å². The molecule has 0 aliphatic heterocycles. The summed E-state index contributed by atoms with van der Waals surface area (Å²) in [6.07, 6.45) is 9.15. The van der Waals surface area contributed by atoms with E-state index in [9.17, 15) is 0 Å². The Kier molecular flexibility index (Phi) is 1.09. The van der Waals surface area contributed by atoms with Crippen molar-refractivity contribution in [3.8, 4) is 0 Å². The lowest BCUT2D eigenvalue weighted by molar-refractivity contribution is 1.50. The van der Waals surface area contributed by atoms with E-state index >= 15 is 0 Å². The van der Waals surface area contributed by atoms with Gasteiger partial charge in [0.2, 0.25) is 0 Å². The van der Waals surface area contributed by atoms with Crippen molar-refractivity contribution in [3.63, 3.8) is 0 Å². The molecule has 1 unspecified atom stereocenters. The zero-order valence-electron chi connectivity index (χ0n) is 4.15.